The molecular formula is C22H26N4O4. The molecule has 4 N–H and O–H groups in total. The number of nitrogens with two attached hydrogens (primary N) is 1. The van der Waals surface area contributed by atoms with Crippen LogP contribution in [0, 0.1) is 5.92 Å². The van der Waals surface area contributed by atoms with E-state index in [2.05, 4.69) is 10.6 Å². The number of benzene rings is 2. The molecule has 1 aliphatic heterocycles. The number of amides is 3. The Balaban J connectivity index is 1.88. The summed E-state index contributed by atoms with van der Waals surface area (Å²) in [5.74, 6) is -0.486. The first-order valence-electron chi connectivity index (χ1n) is 9.85. The van der Waals surface area contributed by atoms with E-state index in [1.54, 1.807) is 30.3 Å². The normalized spacial score (nSPS) is 15.4. The van der Waals surface area contributed by atoms with Crippen molar-refractivity contribution in [3.63, 3.8) is 0 Å². The summed E-state index contributed by atoms with van der Waals surface area (Å²) < 4.78 is 5.61. The quantitative estimate of drug-likeness (QED) is 0.644. The number of nitrogens with zero attached hydrogens (tertiary/aromatic N) is 1. The highest BCUT2D eigenvalue weighted by Crippen LogP contribution is 2.35. The third-order valence-corrected chi connectivity index (χ3v) is 4.76. The summed E-state index contributed by atoms with van der Waals surface area (Å²) in [5.41, 5.74) is 6.74. The molecule has 1 aliphatic rings. The zero-order chi connectivity index (χ0) is 21.7. The molecule has 2 aromatic carbocycles. The van der Waals surface area contributed by atoms with Crippen molar-refractivity contribution >= 4 is 29.1 Å². The second-order valence-electron chi connectivity index (χ2n) is 7.32. The van der Waals surface area contributed by atoms with Gasteiger partial charge in [0, 0.05) is 18.7 Å². The van der Waals surface area contributed by atoms with Crippen LogP contribution in [0.4, 0.5) is 11.4 Å². The fraction of sp³-hybridized carbons (Fsp3) is 0.318. The van der Waals surface area contributed by atoms with E-state index < -0.39 is 6.04 Å². The van der Waals surface area contributed by atoms with E-state index in [9.17, 15) is 14.4 Å². The van der Waals surface area contributed by atoms with E-state index in [0.717, 1.165) is 0 Å². The van der Waals surface area contributed by atoms with Gasteiger partial charge in [0.15, 0.2) is 6.61 Å². The molecule has 0 saturated heterocycles. The Labute approximate surface area is 175 Å². The molecular weight excluding hydrogens is 384 g/mol. The molecule has 8 heteroatoms. The predicted molar refractivity (Wildman–Crippen MR) is 115 cm³/mol. The zero-order valence-corrected chi connectivity index (χ0v) is 17.1. The molecule has 0 aromatic heterocycles. The fourth-order valence-corrected chi connectivity index (χ4v) is 3.37. The lowest BCUT2D eigenvalue weighted by Gasteiger charge is -2.38. The molecule has 0 bridgehead atoms. The monoisotopic (exact) mass is 410 g/mol. The lowest BCUT2D eigenvalue weighted by Crippen LogP contribution is -2.54. The first-order chi connectivity index (χ1) is 14.4. The van der Waals surface area contributed by atoms with Gasteiger partial charge in [-0.1, -0.05) is 32.0 Å². The van der Waals surface area contributed by atoms with E-state index in [-0.39, 0.29) is 30.2 Å². The Morgan fingerprint density at radius 2 is 1.93 bits per heavy atom. The van der Waals surface area contributed by atoms with Crippen molar-refractivity contribution in [2.75, 3.05) is 29.9 Å². The number of nitrogens with one attached hydrogen (secondary N) is 2. The predicted octanol–water partition coefficient (Wildman–Crippen LogP) is 1.76. The number of rotatable bonds is 7. The van der Waals surface area contributed by atoms with Crippen molar-refractivity contribution in [1.29, 1.82) is 0 Å². The number of carbonyl (C=O) groups is 3. The van der Waals surface area contributed by atoms with E-state index in [1.165, 1.54) is 4.90 Å². The van der Waals surface area contributed by atoms with Gasteiger partial charge in [0.05, 0.1) is 11.4 Å². The van der Waals surface area contributed by atoms with Gasteiger partial charge in [-0.2, -0.15) is 0 Å². The summed E-state index contributed by atoms with van der Waals surface area (Å²) in [7, 11) is 0. The largest absolute Gasteiger partial charge is 0.484 e. The Kier molecular flexibility index (Phi) is 6.68. The Morgan fingerprint density at radius 1 is 1.20 bits per heavy atom. The van der Waals surface area contributed by atoms with Crippen LogP contribution >= 0.6 is 0 Å². The van der Waals surface area contributed by atoms with Gasteiger partial charge in [0.25, 0.3) is 11.8 Å². The molecule has 3 rings (SSSR count). The smallest absolute Gasteiger partial charge is 0.265 e. The van der Waals surface area contributed by atoms with Crippen molar-refractivity contribution in [1.82, 2.24) is 5.32 Å². The van der Waals surface area contributed by atoms with Crippen LogP contribution in [-0.4, -0.2) is 43.5 Å². The van der Waals surface area contributed by atoms with Crippen molar-refractivity contribution in [3.8, 4) is 5.75 Å². The maximum absolute atomic E-state index is 13.1. The molecule has 0 aliphatic carbocycles. The lowest BCUT2D eigenvalue weighted by atomic mass is 9.96. The topological polar surface area (TPSA) is 114 Å². The van der Waals surface area contributed by atoms with Gasteiger partial charge in [0.1, 0.15) is 11.8 Å². The maximum Gasteiger partial charge on any atom is 0.265 e. The van der Waals surface area contributed by atoms with Crippen LogP contribution in [-0.2, 0) is 9.59 Å². The van der Waals surface area contributed by atoms with E-state index >= 15 is 0 Å². The molecule has 0 radical (unpaired) electrons. The van der Waals surface area contributed by atoms with Gasteiger partial charge >= 0.3 is 0 Å². The van der Waals surface area contributed by atoms with Crippen molar-refractivity contribution in [2.45, 2.75) is 19.9 Å². The van der Waals surface area contributed by atoms with Crippen molar-refractivity contribution in [2.24, 2.45) is 11.7 Å². The summed E-state index contributed by atoms with van der Waals surface area (Å²) in [4.78, 5) is 39.6. The Hall–Kier alpha value is -3.39. The molecule has 1 heterocycles. The molecule has 1 atom stereocenters. The van der Waals surface area contributed by atoms with Gasteiger partial charge in [0.2, 0.25) is 5.91 Å². The molecule has 158 valence electrons. The van der Waals surface area contributed by atoms with Crippen LogP contribution in [0.2, 0.25) is 0 Å². The minimum Gasteiger partial charge on any atom is -0.484 e. The Morgan fingerprint density at radius 3 is 2.60 bits per heavy atom. The van der Waals surface area contributed by atoms with Crippen LogP contribution in [0.3, 0.4) is 0 Å². The fourth-order valence-electron chi connectivity index (χ4n) is 3.37. The van der Waals surface area contributed by atoms with Gasteiger partial charge in [-0.15, -0.1) is 0 Å². The second-order valence-corrected chi connectivity index (χ2v) is 7.32. The van der Waals surface area contributed by atoms with E-state index in [1.807, 2.05) is 32.0 Å². The van der Waals surface area contributed by atoms with Crippen molar-refractivity contribution in [3.05, 3.63) is 54.1 Å². The van der Waals surface area contributed by atoms with Crippen LogP contribution in [0.15, 0.2) is 48.5 Å². The summed E-state index contributed by atoms with van der Waals surface area (Å²) in [6.07, 6.45) is 0. The highest BCUT2D eigenvalue weighted by atomic mass is 16.5. The standard InChI is InChI=1S/C22H26N4O4/c1-14(2)20-22(29)25-17-12-15(21(28)24-11-10-23)8-9-18(17)26(20)19(27)13-30-16-6-4-3-5-7-16/h3-9,12,14,20H,10-11,13,23H2,1-2H3,(H,24,28)(H,25,29). The molecule has 30 heavy (non-hydrogen) atoms. The summed E-state index contributed by atoms with van der Waals surface area (Å²) in [5, 5.41) is 5.51. The first kappa shape index (κ1) is 21.3. The van der Waals surface area contributed by atoms with Gasteiger partial charge in [-0.25, -0.2) is 0 Å². The lowest BCUT2D eigenvalue weighted by molar-refractivity contribution is -0.126. The summed E-state index contributed by atoms with van der Waals surface area (Å²) in [6, 6.07) is 13.2. The van der Waals surface area contributed by atoms with Crippen LogP contribution in [0.5, 0.6) is 5.75 Å². The third kappa shape index (κ3) is 4.60. The number of ether oxygens (including phenoxy) is 1. The number of anilines is 2. The Bertz CT molecular complexity index is 930. The minimum atomic E-state index is -0.679. The van der Waals surface area contributed by atoms with E-state index in [0.29, 0.717) is 35.8 Å². The molecule has 0 fully saturated rings. The van der Waals surface area contributed by atoms with Gasteiger partial charge in [-0.05, 0) is 36.2 Å². The average molecular weight is 410 g/mol. The van der Waals surface area contributed by atoms with Crippen LogP contribution < -0.4 is 26.0 Å². The number of hydrogen-bond acceptors (Lipinski definition) is 5. The molecule has 1 unspecified atom stereocenters. The number of para-hydroxylation sites is 1. The second kappa shape index (κ2) is 9.41. The van der Waals surface area contributed by atoms with Crippen LogP contribution in [0.25, 0.3) is 0 Å². The SMILES string of the molecule is CC(C)C1C(=O)Nc2cc(C(=O)NCCN)ccc2N1C(=O)COc1ccccc1. The minimum absolute atomic E-state index is 0.119. The first-order valence-corrected chi connectivity index (χ1v) is 9.85. The summed E-state index contributed by atoms with van der Waals surface area (Å²) >= 11 is 0. The van der Waals surface area contributed by atoms with Crippen LogP contribution in [0.1, 0.15) is 24.2 Å². The van der Waals surface area contributed by atoms with Gasteiger partial charge in [-0.3, -0.25) is 19.3 Å². The molecule has 2 aromatic rings. The average Bonchev–Trinajstić information content (AvgIpc) is 2.74. The molecule has 3 amide bonds. The highest BCUT2D eigenvalue weighted by molar-refractivity contribution is 6.13. The molecule has 0 spiro atoms. The number of hydrogen-bond donors (Lipinski definition) is 3. The van der Waals surface area contributed by atoms with Gasteiger partial charge < -0.3 is 21.1 Å². The number of carbonyl (C=O) groups excluding carboxylic acids is 3. The molecule has 0 saturated carbocycles. The zero-order valence-electron chi connectivity index (χ0n) is 17.1. The van der Waals surface area contributed by atoms with E-state index in [4.69, 9.17) is 10.5 Å². The third-order valence-electron chi connectivity index (χ3n) is 4.76. The summed E-state index contributed by atoms with van der Waals surface area (Å²) in [6.45, 7) is 4.22. The molecule has 8 nitrogen and oxygen atoms in total. The maximum atomic E-state index is 13.1. The van der Waals surface area contributed by atoms with Crippen molar-refractivity contribution < 1.29 is 19.1 Å². The highest BCUT2D eigenvalue weighted by Gasteiger charge is 2.39. The number of fused-ring (bicyclic) bond motifs is 1.